The lowest BCUT2D eigenvalue weighted by atomic mass is 9.89. The van der Waals surface area contributed by atoms with E-state index in [1.165, 1.54) is 12.3 Å². The lowest BCUT2D eigenvalue weighted by Gasteiger charge is -2.38. The maximum atomic E-state index is 10.8. The van der Waals surface area contributed by atoms with Crippen LogP contribution in [0.3, 0.4) is 0 Å². The number of furan rings is 1. The predicted molar refractivity (Wildman–Crippen MR) is 56.3 cm³/mol. The molecule has 0 aromatic carbocycles. The molecule has 0 radical (unpaired) electrons. The molecule has 88 valence electrons. The van der Waals surface area contributed by atoms with Crippen molar-refractivity contribution in [3.63, 3.8) is 0 Å². The van der Waals surface area contributed by atoms with Crippen LogP contribution in [0.5, 0.6) is 0 Å². The van der Waals surface area contributed by atoms with Gasteiger partial charge in [-0.2, -0.15) is 0 Å². The largest absolute Gasteiger partial charge is 0.478 e. The van der Waals surface area contributed by atoms with Gasteiger partial charge in [0.15, 0.2) is 0 Å². The van der Waals surface area contributed by atoms with Crippen LogP contribution in [0.4, 0.5) is 0 Å². The first-order chi connectivity index (χ1) is 7.61. The first kappa shape index (κ1) is 11.2. The van der Waals surface area contributed by atoms with Gasteiger partial charge < -0.3 is 19.6 Å². The minimum atomic E-state index is -0.955. The Morgan fingerprint density at radius 1 is 1.62 bits per heavy atom. The van der Waals surface area contributed by atoms with Crippen LogP contribution in [0.15, 0.2) is 16.7 Å². The van der Waals surface area contributed by atoms with Crippen LogP contribution in [-0.2, 0) is 11.3 Å². The molecule has 2 rings (SSSR count). The Morgan fingerprint density at radius 2 is 2.38 bits per heavy atom. The van der Waals surface area contributed by atoms with E-state index in [0.29, 0.717) is 12.3 Å². The average molecular weight is 225 g/mol. The SMILES string of the molecule is CC1(CNCc2occc2C(=O)O)COC1. The van der Waals surface area contributed by atoms with E-state index < -0.39 is 5.97 Å². The fourth-order valence-corrected chi connectivity index (χ4v) is 1.70. The molecule has 5 nitrogen and oxygen atoms in total. The van der Waals surface area contributed by atoms with Crippen LogP contribution in [0.25, 0.3) is 0 Å². The number of nitrogens with one attached hydrogen (secondary N) is 1. The summed E-state index contributed by atoms with van der Waals surface area (Å²) in [5.41, 5.74) is 0.401. The van der Waals surface area contributed by atoms with Gasteiger partial charge in [0, 0.05) is 12.0 Å². The summed E-state index contributed by atoms with van der Waals surface area (Å²) >= 11 is 0. The third-order valence-electron chi connectivity index (χ3n) is 2.71. The van der Waals surface area contributed by atoms with E-state index in [9.17, 15) is 4.79 Å². The third kappa shape index (κ3) is 2.25. The first-order valence-corrected chi connectivity index (χ1v) is 5.19. The summed E-state index contributed by atoms with van der Waals surface area (Å²) in [6.07, 6.45) is 1.40. The van der Waals surface area contributed by atoms with Gasteiger partial charge in [-0.25, -0.2) is 4.79 Å². The molecule has 0 spiro atoms. The van der Waals surface area contributed by atoms with E-state index in [-0.39, 0.29) is 11.0 Å². The molecule has 1 aromatic rings. The number of ether oxygens (including phenoxy) is 1. The fraction of sp³-hybridized carbons (Fsp3) is 0.545. The molecule has 1 aliphatic heterocycles. The van der Waals surface area contributed by atoms with E-state index in [1.807, 2.05) is 0 Å². The van der Waals surface area contributed by atoms with Crippen molar-refractivity contribution in [2.75, 3.05) is 19.8 Å². The maximum absolute atomic E-state index is 10.8. The quantitative estimate of drug-likeness (QED) is 0.785. The number of hydrogen-bond donors (Lipinski definition) is 2. The number of carbonyl (C=O) groups is 1. The van der Waals surface area contributed by atoms with Gasteiger partial charge in [0.1, 0.15) is 11.3 Å². The Bertz CT molecular complexity index is 381. The number of aromatic carboxylic acids is 1. The fourth-order valence-electron chi connectivity index (χ4n) is 1.70. The molecule has 1 aliphatic rings. The van der Waals surface area contributed by atoms with E-state index >= 15 is 0 Å². The Balaban J connectivity index is 1.85. The van der Waals surface area contributed by atoms with Gasteiger partial charge in [-0.3, -0.25) is 0 Å². The lowest BCUT2D eigenvalue weighted by molar-refractivity contribution is -0.0992. The standard InChI is InChI=1S/C11H15NO4/c1-11(6-15-7-11)5-12-4-9-8(10(13)14)2-3-16-9/h2-3,12H,4-7H2,1H3,(H,13,14). The van der Waals surface area contributed by atoms with Gasteiger partial charge in [-0.05, 0) is 6.07 Å². The maximum Gasteiger partial charge on any atom is 0.339 e. The molecule has 0 saturated carbocycles. The average Bonchev–Trinajstić information content (AvgIpc) is 2.63. The molecule has 2 heterocycles. The molecule has 0 unspecified atom stereocenters. The van der Waals surface area contributed by atoms with Gasteiger partial charge in [0.2, 0.25) is 0 Å². The van der Waals surface area contributed by atoms with E-state index in [4.69, 9.17) is 14.3 Å². The highest BCUT2D eigenvalue weighted by atomic mass is 16.5. The second-order valence-corrected chi connectivity index (χ2v) is 4.47. The van der Waals surface area contributed by atoms with Crippen LogP contribution in [0.2, 0.25) is 0 Å². The minimum absolute atomic E-state index is 0.177. The molecular formula is C11H15NO4. The summed E-state index contributed by atoms with van der Waals surface area (Å²) in [7, 11) is 0. The lowest BCUT2D eigenvalue weighted by Crippen LogP contribution is -2.47. The second kappa shape index (κ2) is 4.27. The van der Waals surface area contributed by atoms with Gasteiger partial charge in [-0.15, -0.1) is 0 Å². The molecule has 0 amide bonds. The van der Waals surface area contributed by atoms with Gasteiger partial charge in [0.25, 0.3) is 0 Å². The summed E-state index contributed by atoms with van der Waals surface area (Å²) in [4.78, 5) is 10.8. The zero-order chi connectivity index (χ0) is 11.6. The molecule has 0 bridgehead atoms. The summed E-state index contributed by atoms with van der Waals surface area (Å²) in [6, 6.07) is 1.47. The normalized spacial score (nSPS) is 18.1. The van der Waals surface area contributed by atoms with Crippen molar-refractivity contribution >= 4 is 5.97 Å². The van der Waals surface area contributed by atoms with Gasteiger partial charge >= 0.3 is 5.97 Å². The van der Waals surface area contributed by atoms with E-state index in [0.717, 1.165) is 19.8 Å². The summed E-state index contributed by atoms with van der Waals surface area (Å²) in [5, 5.41) is 12.1. The van der Waals surface area contributed by atoms with E-state index in [1.54, 1.807) is 0 Å². The Kier molecular flexibility index (Phi) is 2.98. The second-order valence-electron chi connectivity index (χ2n) is 4.47. The minimum Gasteiger partial charge on any atom is -0.478 e. The smallest absolute Gasteiger partial charge is 0.339 e. The Morgan fingerprint density at radius 3 is 2.94 bits per heavy atom. The number of rotatable bonds is 5. The molecule has 0 atom stereocenters. The van der Waals surface area contributed by atoms with Crippen molar-refractivity contribution in [3.05, 3.63) is 23.7 Å². The van der Waals surface area contributed by atoms with E-state index in [2.05, 4.69) is 12.2 Å². The molecule has 0 aliphatic carbocycles. The van der Waals surface area contributed by atoms with Crippen LogP contribution < -0.4 is 5.32 Å². The van der Waals surface area contributed by atoms with Crippen LogP contribution in [0.1, 0.15) is 23.0 Å². The van der Waals surface area contributed by atoms with Gasteiger partial charge in [-0.1, -0.05) is 6.92 Å². The van der Waals surface area contributed by atoms with Crippen LogP contribution in [-0.4, -0.2) is 30.8 Å². The van der Waals surface area contributed by atoms with Gasteiger partial charge in [0.05, 0.1) is 26.0 Å². The third-order valence-corrected chi connectivity index (χ3v) is 2.71. The first-order valence-electron chi connectivity index (χ1n) is 5.19. The topological polar surface area (TPSA) is 71.7 Å². The number of hydrogen-bond acceptors (Lipinski definition) is 4. The zero-order valence-electron chi connectivity index (χ0n) is 9.16. The Labute approximate surface area is 93.4 Å². The molecular weight excluding hydrogens is 210 g/mol. The summed E-state index contributed by atoms with van der Waals surface area (Å²) in [6.45, 7) is 4.87. The highest BCUT2D eigenvalue weighted by Gasteiger charge is 2.32. The van der Waals surface area contributed by atoms with Crippen molar-refractivity contribution in [1.29, 1.82) is 0 Å². The molecule has 2 N–H and O–H groups in total. The van der Waals surface area contributed by atoms with Crippen molar-refractivity contribution in [2.45, 2.75) is 13.5 Å². The molecule has 16 heavy (non-hydrogen) atoms. The molecule has 1 saturated heterocycles. The van der Waals surface area contributed by atoms with Crippen molar-refractivity contribution in [1.82, 2.24) is 5.32 Å². The monoisotopic (exact) mass is 225 g/mol. The Hall–Kier alpha value is -1.33. The molecule has 5 heteroatoms. The summed E-state index contributed by atoms with van der Waals surface area (Å²) in [5.74, 6) is -0.486. The van der Waals surface area contributed by atoms with Crippen molar-refractivity contribution in [3.8, 4) is 0 Å². The predicted octanol–water partition coefficient (Wildman–Crippen LogP) is 1.10. The van der Waals surface area contributed by atoms with Crippen LogP contribution in [0, 0.1) is 5.41 Å². The number of carboxylic acids is 1. The zero-order valence-corrected chi connectivity index (χ0v) is 9.16. The molecule has 1 fully saturated rings. The number of carboxylic acid groups (broad SMARTS) is 1. The molecule has 1 aromatic heterocycles. The highest BCUT2D eigenvalue weighted by molar-refractivity contribution is 5.88. The highest BCUT2D eigenvalue weighted by Crippen LogP contribution is 2.25. The van der Waals surface area contributed by atoms with Crippen molar-refractivity contribution < 1.29 is 19.1 Å². The summed E-state index contributed by atoms with van der Waals surface area (Å²) < 4.78 is 10.2. The van der Waals surface area contributed by atoms with Crippen molar-refractivity contribution in [2.24, 2.45) is 5.41 Å². The van der Waals surface area contributed by atoms with Crippen LogP contribution >= 0.6 is 0 Å².